The molecule has 0 saturated heterocycles. The van der Waals surface area contributed by atoms with Crippen molar-refractivity contribution in [2.45, 2.75) is 33.2 Å². The van der Waals surface area contributed by atoms with Crippen molar-refractivity contribution in [1.29, 1.82) is 0 Å². The van der Waals surface area contributed by atoms with Crippen LogP contribution in [-0.2, 0) is 21.2 Å². The van der Waals surface area contributed by atoms with E-state index in [-0.39, 0.29) is 5.91 Å². The summed E-state index contributed by atoms with van der Waals surface area (Å²) in [5.41, 5.74) is 3.20. The first kappa shape index (κ1) is 19.0. The molecule has 2 aromatic rings. The van der Waals surface area contributed by atoms with Crippen LogP contribution in [0.15, 0.2) is 48.5 Å². The molecule has 0 aliphatic rings. The van der Waals surface area contributed by atoms with Gasteiger partial charge in [0.2, 0.25) is 15.9 Å². The van der Waals surface area contributed by atoms with Crippen molar-refractivity contribution in [3.63, 3.8) is 0 Å². The van der Waals surface area contributed by atoms with Gasteiger partial charge < -0.3 is 5.32 Å². The second-order valence-electron chi connectivity index (χ2n) is 6.07. The smallest absolute Gasteiger partial charge is 0.248 e. The average molecular weight is 360 g/mol. The summed E-state index contributed by atoms with van der Waals surface area (Å²) in [6.45, 7) is 5.51. The standard InChI is InChI=1S/C19H24N2O3S/c1-5-16-8-6-7-9-18(16)20-19(22)15(3)21(25(4,23)24)17-12-10-14(2)11-13-17/h6-13,15H,5H2,1-4H3,(H,20,22). The molecule has 1 unspecified atom stereocenters. The molecule has 2 aromatic carbocycles. The summed E-state index contributed by atoms with van der Waals surface area (Å²) in [6, 6.07) is 13.7. The largest absolute Gasteiger partial charge is 0.324 e. The van der Waals surface area contributed by atoms with E-state index in [2.05, 4.69) is 5.32 Å². The van der Waals surface area contributed by atoms with Crippen molar-refractivity contribution in [2.24, 2.45) is 0 Å². The maximum Gasteiger partial charge on any atom is 0.248 e. The number of hydrogen-bond donors (Lipinski definition) is 1. The van der Waals surface area contributed by atoms with E-state index in [0.29, 0.717) is 11.4 Å². The number of benzene rings is 2. The van der Waals surface area contributed by atoms with Gasteiger partial charge in [0.05, 0.1) is 11.9 Å². The molecule has 1 amide bonds. The fraction of sp³-hybridized carbons (Fsp3) is 0.316. The molecule has 0 saturated carbocycles. The summed E-state index contributed by atoms with van der Waals surface area (Å²) in [6.07, 6.45) is 1.88. The van der Waals surface area contributed by atoms with Crippen molar-refractivity contribution in [1.82, 2.24) is 0 Å². The molecule has 6 heteroatoms. The highest BCUT2D eigenvalue weighted by Crippen LogP contribution is 2.23. The summed E-state index contributed by atoms with van der Waals surface area (Å²) < 4.78 is 25.7. The molecule has 2 rings (SSSR count). The first-order chi connectivity index (χ1) is 11.7. The van der Waals surface area contributed by atoms with Crippen LogP contribution in [0, 0.1) is 6.92 Å². The molecule has 5 nitrogen and oxygen atoms in total. The number of anilines is 2. The number of nitrogens with zero attached hydrogens (tertiary/aromatic N) is 1. The number of sulfonamides is 1. The first-order valence-corrected chi connectivity index (χ1v) is 10.0. The van der Waals surface area contributed by atoms with Crippen molar-refractivity contribution < 1.29 is 13.2 Å². The van der Waals surface area contributed by atoms with E-state index in [1.165, 1.54) is 0 Å². The normalized spacial score (nSPS) is 12.5. The van der Waals surface area contributed by atoms with Crippen LogP contribution in [0.2, 0.25) is 0 Å². The Hall–Kier alpha value is -2.34. The lowest BCUT2D eigenvalue weighted by molar-refractivity contribution is -0.116. The van der Waals surface area contributed by atoms with Crippen LogP contribution in [0.4, 0.5) is 11.4 Å². The molecular formula is C19H24N2O3S. The molecule has 0 aromatic heterocycles. The van der Waals surface area contributed by atoms with Gasteiger partial charge in [0, 0.05) is 5.69 Å². The molecule has 0 fully saturated rings. The number of carbonyl (C=O) groups excluding carboxylic acids is 1. The fourth-order valence-electron chi connectivity index (χ4n) is 2.69. The van der Waals surface area contributed by atoms with Gasteiger partial charge in [-0.3, -0.25) is 9.10 Å². The third-order valence-corrected chi connectivity index (χ3v) is 5.27. The zero-order chi connectivity index (χ0) is 18.6. The van der Waals surface area contributed by atoms with Crippen LogP contribution >= 0.6 is 0 Å². The van der Waals surface area contributed by atoms with Crippen LogP contribution in [0.3, 0.4) is 0 Å². The van der Waals surface area contributed by atoms with E-state index in [1.54, 1.807) is 19.1 Å². The third kappa shape index (κ3) is 4.60. The third-order valence-electron chi connectivity index (χ3n) is 4.03. The summed E-state index contributed by atoms with van der Waals surface area (Å²) >= 11 is 0. The number of carbonyl (C=O) groups is 1. The summed E-state index contributed by atoms with van der Waals surface area (Å²) in [5, 5.41) is 2.85. The van der Waals surface area contributed by atoms with Crippen molar-refractivity contribution in [3.05, 3.63) is 59.7 Å². The van der Waals surface area contributed by atoms with Crippen LogP contribution in [0.1, 0.15) is 25.0 Å². The molecule has 0 spiro atoms. The van der Waals surface area contributed by atoms with Crippen molar-refractivity contribution >= 4 is 27.3 Å². The zero-order valence-electron chi connectivity index (χ0n) is 15.0. The molecule has 0 bridgehead atoms. The average Bonchev–Trinajstić information content (AvgIpc) is 2.56. The maximum atomic E-state index is 12.7. The molecular weight excluding hydrogens is 336 g/mol. The number of aryl methyl sites for hydroxylation is 2. The van der Waals surface area contributed by atoms with Crippen molar-refractivity contribution in [2.75, 3.05) is 15.9 Å². The monoisotopic (exact) mass is 360 g/mol. The second kappa shape index (κ2) is 7.70. The lowest BCUT2D eigenvalue weighted by atomic mass is 10.1. The zero-order valence-corrected chi connectivity index (χ0v) is 15.8. The van der Waals surface area contributed by atoms with Crippen LogP contribution in [0.25, 0.3) is 0 Å². The summed E-state index contributed by atoms with van der Waals surface area (Å²) in [5.74, 6) is -0.369. The topological polar surface area (TPSA) is 66.5 Å². The molecule has 0 radical (unpaired) electrons. The van der Waals surface area contributed by atoms with Crippen LogP contribution in [-0.4, -0.2) is 26.6 Å². The maximum absolute atomic E-state index is 12.7. The predicted molar refractivity (Wildman–Crippen MR) is 102 cm³/mol. The Bertz CT molecular complexity index is 845. The van der Waals surface area contributed by atoms with E-state index in [4.69, 9.17) is 0 Å². The fourth-order valence-corrected chi connectivity index (χ4v) is 3.86. The number of nitrogens with one attached hydrogen (secondary N) is 1. The Kier molecular flexibility index (Phi) is 5.85. The number of para-hydroxylation sites is 1. The number of rotatable bonds is 6. The quantitative estimate of drug-likeness (QED) is 0.859. The highest BCUT2D eigenvalue weighted by atomic mass is 32.2. The Balaban J connectivity index is 2.31. The lowest BCUT2D eigenvalue weighted by Crippen LogP contribution is -2.45. The van der Waals surface area contributed by atoms with Gasteiger partial charge in [-0.05, 0) is 44.0 Å². The molecule has 25 heavy (non-hydrogen) atoms. The highest BCUT2D eigenvalue weighted by Gasteiger charge is 2.29. The van der Waals surface area contributed by atoms with Gasteiger partial charge in [-0.15, -0.1) is 0 Å². The van der Waals surface area contributed by atoms with Gasteiger partial charge in [0.15, 0.2) is 0 Å². The minimum atomic E-state index is -3.61. The minimum absolute atomic E-state index is 0.369. The summed E-state index contributed by atoms with van der Waals surface area (Å²) in [7, 11) is -3.61. The second-order valence-corrected chi connectivity index (χ2v) is 7.93. The van der Waals surface area contributed by atoms with Crippen LogP contribution in [0.5, 0.6) is 0 Å². The van der Waals surface area contributed by atoms with E-state index in [9.17, 15) is 13.2 Å². The number of amides is 1. The SMILES string of the molecule is CCc1ccccc1NC(=O)C(C)N(c1ccc(C)cc1)S(C)(=O)=O. The highest BCUT2D eigenvalue weighted by molar-refractivity contribution is 7.92. The van der Waals surface area contributed by atoms with E-state index >= 15 is 0 Å². The Morgan fingerprint density at radius 2 is 1.72 bits per heavy atom. The predicted octanol–water partition coefficient (Wildman–Crippen LogP) is 3.35. The number of hydrogen-bond acceptors (Lipinski definition) is 3. The Morgan fingerprint density at radius 1 is 1.12 bits per heavy atom. The van der Waals surface area contributed by atoms with Gasteiger partial charge in [0.1, 0.15) is 6.04 Å². The van der Waals surface area contributed by atoms with Gasteiger partial charge in [-0.1, -0.05) is 42.8 Å². The Morgan fingerprint density at radius 3 is 2.28 bits per heavy atom. The lowest BCUT2D eigenvalue weighted by Gasteiger charge is -2.28. The van der Waals surface area contributed by atoms with E-state index in [1.807, 2.05) is 50.2 Å². The van der Waals surface area contributed by atoms with Gasteiger partial charge in [-0.2, -0.15) is 0 Å². The molecule has 1 atom stereocenters. The van der Waals surface area contributed by atoms with E-state index in [0.717, 1.165) is 28.1 Å². The molecule has 0 heterocycles. The molecule has 0 aliphatic carbocycles. The first-order valence-electron chi connectivity index (χ1n) is 8.19. The molecule has 1 N–H and O–H groups in total. The van der Waals surface area contributed by atoms with E-state index < -0.39 is 16.1 Å². The Labute approximate surface area is 149 Å². The van der Waals surface area contributed by atoms with Gasteiger partial charge >= 0.3 is 0 Å². The van der Waals surface area contributed by atoms with Gasteiger partial charge in [0.25, 0.3) is 0 Å². The minimum Gasteiger partial charge on any atom is -0.324 e. The van der Waals surface area contributed by atoms with Crippen LogP contribution < -0.4 is 9.62 Å². The molecule has 134 valence electrons. The van der Waals surface area contributed by atoms with Gasteiger partial charge in [-0.25, -0.2) is 8.42 Å². The molecule has 0 aliphatic heterocycles. The summed E-state index contributed by atoms with van der Waals surface area (Å²) in [4.78, 5) is 12.7. The van der Waals surface area contributed by atoms with Crippen molar-refractivity contribution in [3.8, 4) is 0 Å².